The molecule has 4 rings (SSSR count). The lowest BCUT2D eigenvalue weighted by atomic mass is 10.2. The maximum atomic E-state index is 14.1. The summed E-state index contributed by atoms with van der Waals surface area (Å²) in [5.74, 6) is 0.557. The first-order valence-corrected chi connectivity index (χ1v) is 7.97. The monoisotopic (exact) mass is 315 g/mol. The Balaban J connectivity index is 1.75. The number of nitrogens with zero attached hydrogens (tertiary/aromatic N) is 3. The van der Waals surface area contributed by atoms with Crippen LogP contribution in [-0.4, -0.2) is 36.3 Å². The summed E-state index contributed by atoms with van der Waals surface area (Å²) < 4.78 is 20.6. The summed E-state index contributed by atoms with van der Waals surface area (Å²) in [5.41, 5.74) is 0. The van der Waals surface area contributed by atoms with Crippen molar-refractivity contribution >= 4 is 27.2 Å². The molecule has 0 aliphatic carbocycles. The number of aromatic nitrogens is 2. The highest BCUT2D eigenvalue weighted by molar-refractivity contribution is 7.22. The van der Waals surface area contributed by atoms with Gasteiger partial charge in [-0.15, -0.1) is 11.3 Å². The predicted octanol–water partition coefficient (Wildman–Crippen LogP) is 3.33. The van der Waals surface area contributed by atoms with Crippen molar-refractivity contribution in [3.63, 3.8) is 0 Å². The fourth-order valence-corrected chi connectivity index (χ4v) is 3.57. The topological polar surface area (TPSA) is 38.2 Å². The van der Waals surface area contributed by atoms with Crippen molar-refractivity contribution in [2.75, 3.05) is 31.2 Å². The van der Waals surface area contributed by atoms with Gasteiger partial charge in [0.05, 0.1) is 24.3 Å². The van der Waals surface area contributed by atoms with Crippen LogP contribution < -0.4 is 4.90 Å². The van der Waals surface area contributed by atoms with Gasteiger partial charge >= 0.3 is 0 Å². The van der Waals surface area contributed by atoms with E-state index >= 15 is 0 Å². The van der Waals surface area contributed by atoms with Crippen LogP contribution in [0.25, 0.3) is 20.8 Å². The molecule has 6 heteroatoms. The Kier molecular flexibility index (Phi) is 3.48. The highest BCUT2D eigenvalue weighted by atomic mass is 32.1. The fraction of sp³-hybridized carbons (Fsp3) is 0.250. The number of morpholine rings is 1. The lowest BCUT2D eigenvalue weighted by molar-refractivity contribution is 0.122. The summed E-state index contributed by atoms with van der Waals surface area (Å²) in [5, 5.41) is 1.16. The quantitative estimate of drug-likeness (QED) is 0.727. The van der Waals surface area contributed by atoms with Gasteiger partial charge in [0, 0.05) is 17.8 Å². The standard InChI is InChI=1S/C16H14FN3OS/c17-12-10-18-15(19-16(12)20-5-7-21-8-6-20)14-9-11-3-1-2-4-13(11)22-14/h1-4,9-10H,5-8H2. The van der Waals surface area contributed by atoms with Crippen molar-refractivity contribution in [1.82, 2.24) is 9.97 Å². The van der Waals surface area contributed by atoms with Crippen LogP contribution in [0.5, 0.6) is 0 Å². The maximum Gasteiger partial charge on any atom is 0.183 e. The minimum Gasteiger partial charge on any atom is -0.378 e. The van der Waals surface area contributed by atoms with Gasteiger partial charge < -0.3 is 9.64 Å². The van der Waals surface area contributed by atoms with E-state index in [1.54, 1.807) is 11.3 Å². The fourth-order valence-electron chi connectivity index (χ4n) is 2.57. The molecule has 0 atom stereocenters. The molecule has 0 radical (unpaired) electrons. The minimum absolute atomic E-state index is 0.366. The largest absolute Gasteiger partial charge is 0.378 e. The van der Waals surface area contributed by atoms with Crippen LogP contribution in [0.15, 0.2) is 36.5 Å². The number of ether oxygens (including phenoxy) is 1. The second-order valence-corrected chi connectivity index (χ2v) is 6.20. The van der Waals surface area contributed by atoms with E-state index in [1.807, 2.05) is 17.0 Å². The Hall–Kier alpha value is -2.05. The third kappa shape index (κ3) is 2.44. The zero-order valence-electron chi connectivity index (χ0n) is 11.8. The van der Waals surface area contributed by atoms with Gasteiger partial charge in [-0.25, -0.2) is 14.4 Å². The smallest absolute Gasteiger partial charge is 0.183 e. The molecular formula is C16H14FN3OS. The third-order valence-corrected chi connectivity index (χ3v) is 4.79. The first-order chi connectivity index (χ1) is 10.8. The Morgan fingerprint density at radius 3 is 2.82 bits per heavy atom. The number of thiophene rings is 1. The highest BCUT2D eigenvalue weighted by Gasteiger charge is 2.18. The number of fused-ring (bicyclic) bond motifs is 1. The number of halogens is 1. The molecule has 112 valence electrons. The molecule has 0 bridgehead atoms. The number of anilines is 1. The van der Waals surface area contributed by atoms with Crippen LogP contribution in [0.1, 0.15) is 0 Å². The first kappa shape index (κ1) is 13.6. The van der Waals surface area contributed by atoms with E-state index in [9.17, 15) is 4.39 Å². The summed E-state index contributed by atoms with van der Waals surface area (Å²) in [4.78, 5) is 11.5. The Bertz CT molecular complexity index is 781. The number of rotatable bonds is 2. The highest BCUT2D eigenvalue weighted by Crippen LogP contribution is 2.32. The minimum atomic E-state index is -0.383. The SMILES string of the molecule is Fc1cnc(-c2cc3ccccc3s2)nc1N1CCOCC1. The Morgan fingerprint density at radius 1 is 1.18 bits per heavy atom. The molecule has 4 nitrogen and oxygen atoms in total. The van der Waals surface area contributed by atoms with E-state index < -0.39 is 0 Å². The van der Waals surface area contributed by atoms with Gasteiger partial charge in [-0.3, -0.25) is 0 Å². The molecule has 0 amide bonds. The van der Waals surface area contributed by atoms with Crippen molar-refractivity contribution in [3.05, 3.63) is 42.3 Å². The van der Waals surface area contributed by atoms with Crippen molar-refractivity contribution in [2.24, 2.45) is 0 Å². The van der Waals surface area contributed by atoms with Crippen LogP contribution in [0.3, 0.4) is 0 Å². The molecular weight excluding hydrogens is 301 g/mol. The zero-order valence-corrected chi connectivity index (χ0v) is 12.6. The van der Waals surface area contributed by atoms with Crippen molar-refractivity contribution in [1.29, 1.82) is 0 Å². The first-order valence-electron chi connectivity index (χ1n) is 7.15. The molecule has 0 saturated carbocycles. The van der Waals surface area contributed by atoms with E-state index in [2.05, 4.69) is 28.2 Å². The van der Waals surface area contributed by atoms with E-state index in [1.165, 1.54) is 10.9 Å². The van der Waals surface area contributed by atoms with Gasteiger partial charge in [0.1, 0.15) is 0 Å². The summed E-state index contributed by atoms with van der Waals surface area (Å²) >= 11 is 1.62. The molecule has 1 aliphatic heterocycles. The van der Waals surface area contributed by atoms with Crippen LogP contribution in [0.2, 0.25) is 0 Å². The second-order valence-electron chi connectivity index (χ2n) is 5.11. The molecule has 0 spiro atoms. The molecule has 1 aromatic carbocycles. The molecule has 1 aliphatic rings. The summed E-state index contributed by atoms with van der Waals surface area (Å²) in [6.45, 7) is 2.50. The number of benzene rings is 1. The predicted molar refractivity (Wildman–Crippen MR) is 85.8 cm³/mol. The summed E-state index contributed by atoms with van der Waals surface area (Å²) in [6.07, 6.45) is 1.26. The van der Waals surface area contributed by atoms with Gasteiger partial charge in [-0.1, -0.05) is 18.2 Å². The van der Waals surface area contributed by atoms with E-state index in [4.69, 9.17) is 4.74 Å². The number of hydrogen-bond donors (Lipinski definition) is 0. The third-order valence-electron chi connectivity index (χ3n) is 3.68. The number of hydrogen-bond acceptors (Lipinski definition) is 5. The van der Waals surface area contributed by atoms with Gasteiger partial charge in [0.25, 0.3) is 0 Å². The average molecular weight is 315 g/mol. The van der Waals surface area contributed by atoms with Crippen LogP contribution in [-0.2, 0) is 4.74 Å². The molecule has 1 saturated heterocycles. The lowest BCUT2D eigenvalue weighted by Gasteiger charge is -2.28. The van der Waals surface area contributed by atoms with E-state index in [0.717, 1.165) is 10.3 Å². The van der Waals surface area contributed by atoms with Crippen molar-refractivity contribution in [3.8, 4) is 10.7 Å². The normalized spacial score (nSPS) is 15.4. The Labute approximate surface area is 131 Å². The van der Waals surface area contributed by atoms with Gasteiger partial charge in [0.15, 0.2) is 17.5 Å². The summed E-state index contributed by atoms with van der Waals surface area (Å²) in [6, 6.07) is 10.2. The molecule has 0 unspecified atom stereocenters. The van der Waals surface area contributed by atoms with Crippen LogP contribution >= 0.6 is 11.3 Å². The van der Waals surface area contributed by atoms with Crippen molar-refractivity contribution < 1.29 is 9.13 Å². The van der Waals surface area contributed by atoms with Gasteiger partial charge in [0.2, 0.25) is 0 Å². The van der Waals surface area contributed by atoms with Gasteiger partial charge in [-0.2, -0.15) is 0 Å². The molecule has 1 fully saturated rings. The molecule has 3 aromatic rings. The van der Waals surface area contributed by atoms with Crippen LogP contribution in [0.4, 0.5) is 10.2 Å². The van der Waals surface area contributed by atoms with Gasteiger partial charge in [-0.05, 0) is 17.5 Å². The lowest BCUT2D eigenvalue weighted by Crippen LogP contribution is -2.37. The van der Waals surface area contributed by atoms with E-state index in [0.29, 0.717) is 37.9 Å². The zero-order chi connectivity index (χ0) is 14.9. The van der Waals surface area contributed by atoms with Crippen molar-refractivity contribution in [2.45, 2.75) is 0 Å². The Morgan fingerprint density at radius 2 is 2.00 bits per heavy atom. The second kappa shape index (κ2) is 5.62. The molecule has 2 aromatic heterocycles. The van der Waals surface area contributed by atoms with E-state index in [-0.39, 0.29) is 5.82 Å². The molecule has 3 heterocycles. The molecule has 22 heavy (non-hydrogen) atoms. The average Bonchev–Trinajstić information content (AvgIpc) is 3.00. The van der Waals surface area contributed by atoms with Crippen LogP contribution in [0, 0.1) is 5.82 Å². The molecule has 0 N–H and O–H groups in total. The summed E-state index contributed by atoms with van der Waals surface area (Å²) in [7, 11) is 0. The maximum absolute atomic E-state index is 14.1.